The van der Waals surface area contributed by atoms with E-state index in [9.17, 15) is 5.11 Å². The molecule has 1 atom stereocenters. The number of aromatic nitrogens is 2. The maximum absolute atomic E-state index is 10.1. The molecule has 3 nitrogen and oxygen atoms in total. The number of rotatable bonds is 3. The van der Waals surface area contributed by atoms with Crippen molar-refractivity contribution in [2.24, 2.45) is 0 Å². The first-order chi connectivity index (χ1) is 10.9. The van der Waals surface area contributed by atoms with Crippen molar-refractivity contribution in [3.8, 4) is 0 Å². The van der Waals surface area contributed by atoms with Crippen LogP contribution in [0.3, 0.4) is 0 Å². The fraction of sp³-hybridized carbons (Fsp3) is 0.278. The highest BCUT2D eigenvalue weighted by atomic mass is 35.5. The van der Waals surface area contributed by atoms with E-state index in [1.54, 1.807) is 13.0 Å². The smallest absolute Gasteiger partial charge is 0.138 e. The zero-order valence-corrected chi connectivity index (χ0v) is 14.8. The molecule has 2 aromatic carbocycles. The van der Waals surface area contributed by atoms with E-state index < -0.39 is 6.10 Å². The molecule has 3 rings (SSSR count). The summed E-state index contributed by atoms with van der Waals surface area (Å²) in [5.74, 6) is 0.649. The molecule has 3 aromatic rings. The topological polar surface area (TPSA) is 38.1 Å². The zero-order valence-electron chi connectivity index (χ0n) is 13.3. The third-order valence-corrected chi connectivity index (χ3v) is 4.83. The molecule has 120 valence electrons. The molecular weight excluding hydrogens is 331 g/mol. The van der Waals surface area contributed by atoms with Gasteiger partial charge in [0.25, 0.3) is 0 Å². The number of halogens is 2. The number of aryl methyl sites for hydroxylation is 2. The lowest BCUT2D eigenvalue weighted by Gasteiger charge is -2.12. The van der Waals surface area contributed by atoms with Gasteiger partial charge in [-0.05, 0) is 61.7 Å². The summed E-state index contributed by atoms with van der Waals surface area (Å²) in [6.07, 6.45) is -0.647. The first-order valence-electron chi connectivity index (χ1n) is 7.46. The Hall–Kier alpha value is -1.55. The van der Waals surface area contributed by atoms with Gasteiger partial charge in [0.2, 0.25) is 0 Å². The molecule has 0 amide bonds. The number of aliphatic hydroxyl groups excluding tert-OH is 1. The normalized spacial score (nSPS) is 12.8. The molecule has 5 heteroatoms. The molecule has 1 unspecified atom stereocenters. The second-order valence-electron chi connectivity index (χ2n) is 5.91. The van der Waals surface area contributed by atoms with Crippen LogP contribution in [0.15, 0.2) is 30.3 Å². The number of aliphatic hydroxyl groups is 1. The highest BCUT2D eigenvalue weighted by molar-refractivity contribution is 6.42. The van der Waals surface area contributed by atoms with Gasteiger partial charge in [0.1, 0.15) is 11.9 Å². The summed E-state index contributed by atoms with van der Waals surface area (Å²) in [5, 5.41) is 11.2. The van der Waals surface area contributed by atoms with E-state index in [1.807, 2.05) is 16.7 Å². The Balaban J connectivity index is 2.15. The second-order valence-corrected chi connectivity index (χ2v) is 6.72. The van der Waals surface area contributed by atoms with Crippen molar-refractivity contribution >= 4 is 34.2 Å². The van der Waals surface area contributed by atoms with Crippen molar-refractivity contribution in [2.45, 2.75) is 33.4 Å². The van der Waals surface area contributed by atoms with Crippen LogP contribution < -0.4 is 0 Å². The number of hydrogen-bond donors (Lipinski definition) is 1. The van der Waals surface area contributed by atoms with Crippen LogP contribution in [0, 0.1) is 13.8 Å². The quantitative estimate of drug-likeness (QED) is 0.718. The predicted molar refractivity (Wildman–Crippen MR) is 95.4 cm³/mol. The van der Waals surface area contributed by atoms with Gasteiger partial charge in [0.05, 0.1) is 21.1 Å². The SMILES string of the molecule is Cc1cc2nc(C(C)O)n(Cc3ccc(Cl)c(Cl)c3)c2cc1C. The standard InChI is InChI=1S/C18H18Cl2N2O/c1-10-6-16-17(7-11(10)2)22(18(21-16)12(3)23)9-13-4-5-14(19)15(20)8-13/h4-8,12,23H,9H2,1-3H3. The first-order valence-corrected chi connectivity index (χ1v) is 8.22. The Kier molecular flexibility index (Phi) is 4.37. The van der Waals surface area contributed by atoms with E-state index in [4.69, 9.17) is 23.2 Å². The summed E-state index contributed by atoms with van der Waals surface area (Å²) in [7, 11) is 0. The van der Waals surface area contributed by atoms with Crippen LogP contribution in [0.4, 0.5) is 0 Å². The van der Waals surface area contributed by atoms with Gasteiger partial charge >= 0.3 is 0 Å². The van der Waals surface area contributed by atoms with E-state index in [1.165, 1.54) is 11.1 Å². The Morgan fingerprint density at radius 2 is 1.78 bits per heavy atom. The van der Waals surface area contributed by atoms with Gasteiger partial charge in [-0.25, -0.2) is 4.98 Å². The van der Waals surface area contributed by atoms with Crippen LogP contribution in [-0.4, -0.2) is 14.7 Å². The van der Waals surface area contributed by atoms with Crippen molar-refractivity contribution in [3.05, 3.63) is 62.9 Å². The lowest BCUT2D eigenvalue weighted by Crippen LogP contribution is -2.08. The van der Waals surface area contributed by atoms with Crippen molar-refractivity contribution in [1.29, 1.82) is 0 Å². The van der Waals surface area contributed by atoms with Crippen LogP contribution in [0.1, 0.15) is 35.5 Å². The van der Waals surface area contributed by atoms with Crippen molar-refractivity contribution in [1.82, 2.24) is 9.55 Å². The molecule has 0 aliphatic rings. The van der Waals surface area contributed by atoms with Crippen LogP contribution >= 0.6 is 23.2 Å². The Bertz CT molecular complexity index is 884. The molecule has 0 aliphatic carbocycles. The third kappa shape index (κ3) is 3.09. The highest BCUT2D eigenvalue weighted by Gasteiger charge is 2.16. The molecule has 1 aromatic heterocycles. The number of nitrogens with zero attached hydrogens (tertiary/aromatic N) is 2. The Morgan fingerprint density at radius 3 is 2.43 bits per heavy atom. The molecule has 1 heterocycles. The minimum absolute atomic E-state index is 0.527. The summed E-state index contributed by atoms with van der Waals surface area (Å²) in [4.78, 5) is 4.60. The van der Waals surface area contributed by atoms with Crippen LogP contribution in [0.5, 0.6) is 0 Å². The van der Waals surface area contributed by atoms with E-state index in [0.717, 1.165) is 16.6 Å². The fourth-order valence-corrected chi connectivity index (χ4v) is 3.02. The van der Waals surface area contributed by atoms with Crippen LogP contribution in [0.25, 0.3) is 11.0 Å². The predicted octanol–water partition coefficient (Wildman–Crippen LogP) is 5.06. The van der Waals surface area contributed by atoms with Crippen molar-refractivity contribution < 1.29 is 5.11 Å². The minimum atomic E-state index is -0.647. The zero-order chi connectivity index (χ0) is 16.7. The lowest BCUT2D eigenvalue weighted by molar-refractivity contribution is 0.185. The Labute approximate surface area is 145 Å². The molecular formula is C18H18Cl2N2O. The van der Waals surface area contributed by atoms with Crippen LogP contribution in [0.2, 0.25) is 10.0 Å². The monoisotopic (exact) mass is 348 g/mol. The van der Waals surface area contributed by atoms with Crippen molar-refractivity contribution in [3.63, 3.8) is 0 Å². The molecule has 0 bridgehead atoms. The average Bonchev–Trinajstić information content (AvgIpc) is 2.82. The molecule has 1 N–H and O–H groups in total. The van der Waals surface area contributed by atoms with Gasteiger partial charge in [-0.1, -0.05) is 29.3 Å². The molecule has 0 fully saturated rings. The molecule has 0 saturated carbocycles. The van der Waals surface area contributed by atoms with Gasteiger partial charge in [0.15, 0.2) is 0 Å². The van der Waals surface area contributed by atoms with E-state index in [2.05, 4.69) is 31.0 Å². The number of hydrogen-bond acceptors (Lipinski definition) is 2. The molecule has 0 radical (unpaired) electrons. The van der Waals surface area contributed by atoms with Gasteiger partial charge < -0.3 is 9.67 Å². The summed E-state index contributed by atoms with van der Waals surface area (Å²) in [5.41, 5.74) is 5.30. The average molecular weight is 349 g/mol. The highest BCUT2D eigenvalue weighted by Crippen LogP contribution is 2.27. The summed E-state index contributed by atoms with van der Waals surface area (Å²) < 4.78 is 2.03. The molecule has 0 saturated heterocycles. The largest absolute Gasteiger partial charge is 0.385 e. The van der Waals surface area contributed by atoms with Gasteiger partial charge in [-0.3, -0.25) is 0 Å². The number of benzene rings is 2. The minimum Gasteiger partial charge on any atom is -0.385 e. The maximum atomic E-state index is 10.1. The third-order valence-electron chi connectivity index (χ3n) is 4.09. The fourth-order valence-electron chi connectivity index (χ4n) is 2.70. The van der Waals surface area contributed by atoms with Gasteiger partial charge in [-0.2, -0.15) is 0 Å². The maximum Gasteiger partial charge on any atom is 0.138 e. The van der Waals surface area contributed by atoms with Crippen LogP contribution in [-0.2, 0) is 6.54 Å². The summed E-state index contributed by atoms with van der Waals surface area (Å²) in [6, 6.07) is 9.74. The van der Waals surface area contributed by atoms with E-state index in [-0.39, 0.29) is 0 Å². The molecule has 23 heavy (non-hydrogen) atoms. The summed E-state index contributed by atoms with van der Waals surface area (Å²) >= 11 is 12.1. The van der Waals surface area contributed by atoms with E-state index in [0.29, 0.717) is 22.4 Å². The summed E-state index contributed by atoms with van der Waals surface area (Å²) in [6.45, 7) is 6.45. The first kappa shape index (κ1) is 16.3. The van der Waals surface area contributed by atoms with E-state index >= 15 is 0 Å². The number of imidazole rings is 1. The van der Waals surface area contributed by atoms with Crippen molar-refractivity contribution in [2.75, 3.05) is 0 Å². The lowest BCUT2D eigenvalue weighted by atomic mass is 10.1. The number of fused-ring (bicyclic) bond motifs is 1. The molecule has 0 aliphatic heterocycles. The van der Waals surface area contributed by atoms with Gasteiger partial charge in [0, 0.05) is 6.54 Å². The molecule has 0 spiro atoms. The Morgan fingerprint density at radius 1 is 1.09 bits per heavy atom. The second kappa shape index (κ2) is 6.16. The van der Waals surface area contributed by atoms with Gasteiger partial charge in [-0.15, -0.1) is 0 Å².